The van der Waals surface area contributed by atoms with Crippen LogP contribution in [0.2, 0.25) is 0 Å². The summed E-state index contributed by atoms with van der Waals surface area (Å²) < 4.78 is 34.4. The summed E-state index contributed by atoms with van der Waals surface area (Å²) in [4.78, 5) is 59.7. The summed E-state index contributed by atoms with van der Waals surface area (Å²) in [6.07, 6.45) is 15.7. The Morgan fingerprint density at radius 3 is 2.18 bits per heavy atom. The zero-order chi connectivity index (χ0) is 35.9. The van der Waals surface area contributed by atoms with Crippen LogP contribution >= 0.6 is 8.25 Å². The summed E-state index contributed by atoms with van der Waals surface area (Å²) in [6.45, 7) is 3.87. The Bertz CT molecular complexity index is 1210. The van der Waals surface area contributed by atoms with Gasteiger partial charge in [0.25, 0.3) is 11.5 Å². The Balaban J connectivity index is 1.55. The van der Waals surface area contributed by atoms with Crippen molar-refractivity contribution in [2.75, 3.05) is 26.4 Å². The molecule has 15 heteroatoms. The van der Waals surface area contributed by atoms with E-state index in [1.54, 1.807) is 0 Å². The molecule has 0 radical (unpaired) electrons. The average Bonchev–Trinajstić information content (AvgIpc) is 3.40. The van der Waals surface area contributed by atoms with E-state index in [-0.39, 0.29) is 31.0 Å². The number of aliphatic hydroxyl groups excluding tert-OH is 1. The number of amides is 1. The zero-order valence-corrected chi connectivity index (χ0v) is 30.2. The molecule has 4 N–H and O–H groups in total. The average molecular weight is 717 g/mol. The van der Waals surface area contributed by atoms with E-state index < -0.39 is 50.7 Å². The van der Waals surface area contributed by atoms with Gasteiger partial charge in [-0.2, -0.15) is 0 Å². The molecule has 0 aliphatic carbocycles. The number of unbranched alkanes of at least 4 members (excludes halogenated alkanes) is 14. The molecule has 0 saturated carbocycles. The molecule has 1 aliphatic heterocycles. The van der Waals surface area contributed by atoms with E-state index in [1.807, 2.05) is 6.92 Å². The number of hydrogen-bond donors (Lipinski definition) is 4. The maximum Gasteiger partial charge on any atom is 0.695 e. The van der Waals surface area contributed by atoms with Crippen LogP contribution in [-0.2, 0) is 32.9 Å². The van der Waals surface area contributed by atoms with Crippen molar-refractivity contribution in [2.24, 2.45) is 5.92 Å². The number of aromatic nitrogens is 2. The zero-order valence-electron chi connectivity index (χ0n) is 29.4. The van der Waals surface area contributed by atoms with Gasteiger partial charge in [-0.1, -0.05) is 104 Å². The molecule has 0 spiro atoms. The number of H-pyrrole nitrogens is 1. The van der Waals surface area contributed by atoms with Crippen molar-refractivity contribution in [1.29, 1.82) is 0 Å². The smallest absolute Gasteiger partial charge is 0.455 e. The third kappa shape index (κ3) is 17.3. The monoisotopic (exact) mass is 716 g/mol. The highest BCUT2D eigenvalue weighted by atomic mass is 31.1. The molecule has 49 heavy (non-hydrogen) atoms. The third-order valence-electron chi connectivity index (χ3n) is 8.74. The number of nitrogens with one attached hydrogen (secondary N) is 2. The van der Waals surface area contributed by atoms with Crippen molar-refractivity contribution in [3.63, 3.8) is 0 Å². The maximum atomic E-state index is 12.3. The highest BCUT2D eigenvalue weighted by Crippen LogP contribution is 2.37. The first kappa shape index (κ1) is 42.7. The van der Waals surface area contributed by atoms with Crippen LogP contribution in [0.25, 0.3) is 0 Å². The molecule has 2 rings (SSSR count). The Hall–Kier alpha value is -2.48. The molecular weight excluding hydrogens is 657 g/mol. The summed E-state index contributed by atoms with van der Waals surface area (Å²) in [7, 11) is -3.05. The molecule has 0 aromatic carbocycles. The normalized spacial score (nSPS) is 19.9. The molecule has 1 aromatic rings. The van der Waals surface area contributed by atoms with Crippen molar-refractivity contribution in [3.8, 4) is 0 Å². The van der Waals surface area contributed by atoms with Crippen molar-refractivity contribution >= 4 is 20.1 Å². The van der Waals surface area contributed by atoms with E-state index in [1.165, 1.54) is 70.4 Å². The highest BCUT2D eigenvalue weighted by Gasteiger charge is 2.51. The third-order valence-corrected chi connectivity index (χ3v) is 9.17. The first-order valence-electron chi connectivity index (χ1n) is 18.1. The van der Waals surface area contributed by atoms with Crippen LogP contribution in [0.5, 0.6) is 0 Å². The Labute approximate surface area is 290 Å². The van der Waals surface area contributed by atoms with Crippen LogP contribution in [0.1, 0.15) is 129 Å². The summed E-state index contributed by atoms with van der Waals surface area (Å²) in [5.74, 6) is -0.919. The minimum absolute atomic E-state index is 0.197. The molecule has 1 amide bonds. The van der Waals surface area contributed by atoms with Gasteiger partial charge in [0.2, 0.25) is 0 Å². The molecule has 3 unspecified atom stereocenters. The molecule has 6 atom stereocenters. The number of hydrogen-bond acceptors (Lipinski definition) is 10. The van der Waals surface area contributed by atoms with Crippen molar-refractivity contribution in [1.82, 2.24) is 14.9 Å². The Morgan fingerprint density at radius 1 is 0.959 bits per heavy atom. The van der Waals surface area contributed by atoms with E-state index >= 15 is 0 Å². The van der Waals surface area contributed by atoms with Crippen molar-refractivity contribution < 1.29 is 42.9 Å². The van der Waals surface area contributed by atoms with Gasteiger partial charge < -0.3 is 24.6 Å². The Kier molecular flexibility index (Phi) is 22.2. The quantitative estimate of drug-likeness (QED) is 0.0529. The van der Waals surface area contributed by atoms with Gasteiger partial charge in [-0.3, -0.25) is 23.9 Å². The maximum absolute atomic E-state index is 12.3. The first-order chi connectivity index (χ1) is 23.7. The van der Waals surface area contributed by atoms with Crippen LogP contribution in [0, 0.1) is 5.92 Å². The predicted octanol–water partition coefficient (Wildman–Crippen LogP) is 4.79. The van der Waals surface area contributed by atoms with Gasteiger partial charge in [0, 0.05) is 30.0 Å². The summed E-state index contributed by atoms with van der Waals surface area (Å²) in [5, 5.41) is 12.5. The highest BCUT2D eigenvalue weighted by molar-refractivity contribution is 7.32. The predicted molar refractivity (Wildman–Crippen MR) is 184 cm³/mol. The number of carbonyl (C=O) groups excluding carboxylic acids is 2. The molecule has 0 bridgehead atoms. The van der Waals surface area contributed by atoms with E-state index in [9.17, 15) is 33.7 Å². The number of rotatable bonds is 28. The minimum atomic E-state index is -3.05. The summed E-state index contributed by atoms with van der Waals surface area (Å²) >= 11 is 0. The number of ether oxygens (including phenoxy) is 3. The number of aromatic amines is 1. The van der Waals surface area contributed by atoms with Gasteiger partial charge in [0.1, 0.15) is 12.2 Å². The number of esters is 1. The SMILES string of the molecule is CCCCCCCCCCCCCCC(C)C(=O)OCC(=O)NCCCCCCO[C@H]1C(O[P+](=O)O)[C@@H](CO)O[C@H]1n1ccc(=O)[nH]c1=O. The molecule has 14 nitrogen and oxygen atoms in total. The van der Waals surface area contributed by atoms with Gasteiger partial charge in [0.05, 0.1) is 12.5 Å². The van der Waals surface area contributed by atoms with E-state index in [0.717, 1.165) is 42.7 Å². The number of carbonyl (C=O) groups is 2. The largest absolute Gasteiger partial charge is 0.695 e. The second-order valence-electron chi connectivity index (χ2n) is 12.9. The van der Waals surface area contributed by atoms with Crippen molar-refractivity contribution in [3.05, 3.63) is 33.1 Å². The Morgan fingerprint density at radius 2 is 1.57 bits per heavy atom. The van der Waals surface area contributed by atoms with E-state index in [0.29, 0.717) is 19.4 Å². The van der Waals surface area contributed by atoms with Crippen LogP contribution in [-0.4, -0.2) is 76.1 Å². The number of nitrogens with zero attached hydrogens (tertiary/aromatic N) is 1. The molecule has 2 heterocycles. The standard InChI is InChI=1S/C34H58N3O11P/c1-3-4-5-6-7-8-9-10-11-12-13-16-19-26(2)33(41)46-25-29(40)35-21-17-14-15-18-23-45-31-30(48-49(43)44)27(24-38)47-32(31)37-22-20-28(39)36-34(37)42/h20,22,26-27,30-32,38H,3-19,21,23-25H2,1-2H3,(H2-,35,36,39,40,42,43,44)/p+1/t26?,27-,30?,31+,32-/m1/s1. The van der Waals surface area contributed by atoms with Gasteiger partial charge in [-0.05, 0) is 19.3 Å². The topological polar surface area (TPSA) is 195 Å². The molecule has 1 saturated heterocycles. The molecule has 280 valence electrons. The molecule has 1 aliphatic rings. The summed E-state index contributed by atoms with van der Waals surface area (Å²) in [5.41, 5.74) is -1.37. The minimum Gasteiger partial charge on any atom is -0.455 e. The fraction of sp³-hybridized carbons (Fsp3) is 0.824. The van der Waals surface area contributed by atoms with Crippen LogP contribution in [0.4, 0.5) is 0 Å². The van der Waals surface area contributed by atoms with Crippen LogP contribution in [0.3, 0.4) is 0 Å². The second kappa shape index (κ2) is 25.5. The lowest BCUT2D eigenvalue weighted by atomic mass is 10.0. The lowest BCUT2D eigenvalue weighted by molar-refractivity contribution is -0.152. The van der Waals surface area contributed by atoms with E-state index in [2.05, 4.69) is 17.2 Å². The van der Waals surface area contributed by atoms with Gasteiger partial charge >= 0.3 is 19.9 Å². The fourth-order valence-corrected chi connectivity index (χ4v) is 6.35. The van der Waals surface area contributed by atoms with Gasteiger partial charge in [0.15, 0.2) is 18.9 Å². The summed E-state index contributed by atoms with van der Waals surface area (Å²) in [6, 6.07) is 1.13. The first-order valence-corrected chi connectivity index (χ1v) is 19.3. The van der Waals surface area contributed by atoms with Crippen LogP contribution in [0.15, 0.2) is 21.9 Å². The molecule has 1 fully saturated rings. The fourth-order valence-electron chi connectivity index (χ4n) is 5.88. The van der Waals surface area contributed by atoms with Crippen molar-refractivity contribution in [2.45, 2.75) is 148 Å². The van der Waals surface area contributed by atoms with Crippen LogP contribution < -0.4 is 16.6 Å². The molecular formula is C34H59N3O11P+. The second-order valence-corrected chi connectivity index (χ2v) is 13.5. The lowest BCUT2D eigenvalue weighted by Crippen LogP contribution is -2.40. The van der Waals surface area contributed by atoms with Gasteiger partial charge in [-0.15, -0.1) is 9.42 Å². The molecule has 1 aromatic heterocycles. The van der Waals surface area contributed by atoms with Gasteiger partial charge in [-0.25, -0.2) is 4.79 Å². The number of aliphatic hydroxyl groups is 1. The van der Waals surface area contributed by atoms with E-state index in [4.69, 9.17) is 18.7 Å². The lowest BCUT2D eigenvalue weighted by Gasteiger charge is -2.22.